The fourth-order valence-electron chi connectivity index (χ4n) is 3.13. The maximum Gasteiger partial charge on any atom is 0.259 e. The van der Waals surface area contributed by atoms with Crippen molar-refractivity contribution in [2.45, 2.75) is 18.9 Å². The zero-order valence-corrected chi connectivity index (χ0v) is 11.3. The van der Waals surface area contributed by atoms with Gasteiger partial charge < -0.3 is 5.32 Å². The van der Waals surface area contributed by atoms with Gasteiger partial charge in [0.2, 0.25) is 5.91 Å². The van der Waals surface area contributed by atoms with Crippen LogP contribution in [-0.2, 0) is 4.79 Å². The molecule has 0 saturated carbocycles. The molecular formula is C16H13N3O2. The number of hydrogen-bond donors (Lipinski definition) is 1. The number of benzene rings is 1. The van der Waals surface area contributed by atoms with Crippen LogP contribution in [0.4, 0.5) is 5.69 Å². The predicted molar refractivity (Wildman–Crippen MR) is 78.9 cm³/mol. The minimum absolute atomic E-state index is 0.128. The number of carbonyl (C=O) groups excluding carboxylic acids is 2. The molecule has 4 rings (SSSR count). The van der Waals surface area contributed by atoms with Crippen LogP contribution in [0.15, 0.2) is 42.9 Å². The lowest BCUT2D eigenvalue weighted by molar-refractivity contribution is -0.122. The van der Waals surface area contributed by atoms with Crippen molar-refractivity contribution in [3.8, 4) is 0 Å². The summed E-state index contributed by atoms with van der Waals surface area (Å²) >= 11 is 0. The van der Waals surface area contributed by atoms with Crippen LogP contribution in [0.2, 0.25) is 0 Å². The predicted octanol–water partition coefficient (Wildman–Crippen LogP) is 1.99. The number of nitrogens with zero attached hydrogens (tertiary/aromatic N) is 2. The number of rotatable bonds is 1. The van der Waals surface area contributed by atoms with Gasteiger partial charge in [0.05, 0.1) is 11.9 Å². The average Bonchev–Trinajstić information content (AvgIpc) is 2.75. The Morgan fingerprint density at radius 1 is 1.29 bits per heavy atom. The van der Waals surface area contributed by atoms with Crippen molar-refractivity contribution in [1.82, 2.24) is 10.3 Å². The molecule has 5 heteroatoms. The van der Waals surface area contributed by atoms with E-state index in [2.05, 4.69) is 16.9 Å². The highest BCUT2D eigenvalue weighted by Crippen LogP contribution is 2.38. The number of pyridine rings is 1. The first-order valence-corrected chi connectivity index (χ1v) is 6.86. The molecule has 2 aliphatic rings. The van der Waals surface area contributed by atoms with Crippen molar-refractivity contribution in [2.24, 2.45) is 0 Å². The molecular weight excluding hydrogens is 266 g/mol. The molecule has 2 amide bonds. The second-order valence-corrected chi connectivity index (χ2v) is 5.38. The van der Waals surface area contributed by atoms with Gasteiger partial charge in [0, 0.05) is 28.2 Å². The van der Waals surface area contributed by atoms with Crippen molar-refractivity contribution < 1.29 is 9.59 Å². The molecule has 1 fully saturated rings. The zero-order valence-electron chi connectivity index (χ0n) is 11.3. The molecule has 21 heavy (non-hydrogen) atoms. The van der Waals surface area contributed by atoms with Crippen LogP contribution >= 0.6 is 0 Å². The third kappa shape index (κ3) is 1.60. The molecule has 0 aliphatic carbocycles. The van der Waals surface area contributed by atoms with E-state index < -0.39 is 6.04 Å². The highest BCUT2D eigenvalue weighted by molar-refractivity contribution is 6.26. The quantitative estimate of drug-likeness (QED) is 0.868. The van der Waals surface area contributed by atoms with E-state index in [1.165, 1.54) is 0 Å². The molecule has 1 atom stereocenters. The fourth-order valence-corrected chi connectivity index (χ4v) is 3.13. The Bertz CT molecular complexity index is 807. The van der Waals surface area contributed by atoms with Gasteiger partial charge in [-0.1, -0.05) is 18.7 Å². The lowest BCUT2D eigenvalue weighted by Crippen LogP contribution is -2.51. The van der Waals surface area contributed by atoms with Crippen molar-refractivity contribution in [1.29, 1.82) is 0 Å². The normalized spacial score (nSPS) is 21.0. The van der Waals surface area contributed by atoms with Crippen molar-refractivity contribution in [2.75, 3.05) is 4.90 Å². The summed E-state index contributed by atoms with van der Waals surface area (Å²) in [6.07, 6.45) is 4.66. The van der Waals surface area contributed by atoms with Crippen LogP contribution in [0.3, 0.4) is 0 Å². The van der Waals surface area contributed by atoms with E-state index >= 15 is 0 Å². The van der Waals surface area contributed by atoms with E-state index in [0.717, 1.165) is 16.5 Å². The molecule has 2 aliphatic heterocycles. The fraction of sp³-hybridized carbons (Fsp3) is 0.188. The summed E-state index contributed by atoms with van der Waals surface area (Å²) in [6, 6.07) is 5.07. The standard InChI is InChI=1S/C16H13N3O2/c1-9-5-6-12(15(20)18-9)19-13-8-17-7-10-3-2-4-11(14(10)13)16(19)21/h2-4,7-8,12H,1,5-6H2,(H,18,20). The Balaban J connectivity index is 1.86. The van der Waals surface area contributed by atoms with Crippen molar-refractivity contribution in [3.63, 3.8) is 0 Å². The molecule has 104 valence electrons. The maximum absolute atomic E-state index is 12.7. The molecule has 1 aromatic heterocycles. The molecule has 1 saturated heterocycles. The zero-order chi connectivity index (χ0) is 14.6. The van der Waals surface area contributed by atoms with E-state index in [4.69, 9.17) is 0 Å². The van der Waals surface area contributed by atoms with Crippen LogP contribution in [0.5, 0.6) is 0 Å². The van der Waals surface area contributed by atoms with Crippen molar-refractivity contribution >= 4 is 28.3 Å². The minimum atomic E-state index is -0.497. The number of aromatic nitrogens is 1. The summed E-state index contributed by atoms with van der Waals surface area (Å²) in [5.41, 5.74) is 2.07. The van der Waals surface area contributed by atoms with Gasteiger partial charge in [-0.3, -0.25) is 19.5 Å². The van der Waals surface area contributed by atoms with Gasteiger partial charge in [-0.25, -0.2) is 0 Å². The Kier molecular flexibility index (Phi) is 2.39. The highest BCUT2D eigenvalue weighted by Gasteiger charge is 2.39. The summed E-state index contributed by atoms with van der Waals surface area (Å²) < 4.78 is 0. The molecule has 0 spiro atoms. The third-order valence-corrected chi connectivity index (χ3v) is 4.11. The Hall–Kier alpha value is -2.69. The monoisotopic (exact) mass is 279 g/mol. The second-order valence-electron chi connectivity index (χ2n) is 5.38. The van der Waals surface area contributed by atoms with Crippen LogP contribution in [-0.4, -0.2) is 22.8 Å². The summed E-state index contributed by atoms with van der Waals surface area (Å²) in [6.45, 7) is 3.78. The first-order valence-electron chi connectivity index (χ1n) is 6.86. The van der Waals surface area contributed by atoms with Crippen LogP contribution in [0.25, 0.3) is 10.8 Å². The molecule has 0 radical (unpaired) electrons. The van der Waals surface area contributed by atoms with Crippen LogP contribution < -0.4 is 10.2 Å². The summed E-state index contributed by atoms with van der Waals surface area (Å²) in [4.78, 5) is 30.7. The summed E-state index contributed by atoms with van der Waals surface area (Å²) in [5.74, 6) is -0.305. The average molecular weight is 279 g/mol. The van der Waals surface area contributed by atoms with E-state index in [1.54, 1.807) is 23.4 Å². The number of hydrogen-bond acceptors (Lipinski definition) is 3. The Labute approximate surface area is 121 Å². The smallest absolute Gasteiger partial charge is 0.259 e. The van der Waals surface area contributed by atoms with E-state index in [0.29, 0.717) is 24.1 Å². The van der Waals surface area contributed by atoms with Gasteiger partial charge in [-0.2, -0.15) is 0 Å². The van der Waals surface area contributed by atoms with E-state index in [-0.39, 0.29) is 11.8 Å². The van der Waals surface area contributed by atoms with Gasteiger partial charge in [0.1, 0.15) is 6.04 Å². The molecule has 3 heterocycles. The molecule has 1 N–H and O–H groups in total. The first-order chi connectivity index (χ1) is 10.2. The number of amides is 2. The number of piperidine rings is 1. The largest absolute Gasteiger partial charge is 0.329 e. The summed E-state index contributed by atoms with van der Waals surface area (Å²) in [7, 11) is 0. The summed E-state index contributed by atoms with van der Waals surface area (Å²) in [5, 5.41) is 4.54. The number of nitrogens with one attached hydrogen (secondary N) is 1. The number of anilines is 1. The minimum Gasteiger partial charge on any atom is -0.329 e. The van der Waals surface area contributed by atoms with Crippen molar-refractivity contribution in [3.05, 3.63) is 48.4 Å². The van der Waals surface area contributed by atoms with E-state index in [1.807, 2.05) is 12.1 Å². The molecule has 5 nitrogen and oxygen atoms in total. The van der Waals surface area contributed by atoms with Gasteiger partial charge >= 0.3 is 0 Å². The number of carbonyl (C=O) groups is 2. The van der Waals surface area contributed by atoms with E-state index in [9.17, 15) is 9.59 Å². The van der Waals surface area contributed by atoms with Crippen LogP contribution in [0, 0.1) is 0 Å². The third-order valence-electron chi connectivity index (χ3n) is 4.11. The molecule has 1 unspecified atom stereocenters. The second kappa shape index (κ2) is 4.15. The van der Waals surface area contributed by atoms with Gasteiger partial charge in [0.15, 0.2) is 0 Å². The van der Waals surface area contributed by atoms with Gasteiger partial charge in [-0.15, -0.1) is 0 Å². The van der Waals surface area contributed by atoms with Gasteiger partial charge in [-0.05, 0) is 18.9 Å². The Morgan fingerprint density at radius 3 is 2.95 bits per heavy atom. The maximum atomic E-state index is 12.7. The van der Waals surface area contributed by atoms with Gasteiger partial charge in [0.25, 0.3) is 5.91 Å². The molecule has 0 bridgehead atoms. The molecule has 2 aromatic rings. The number of allylic oxidation sites excluding steroid dienone is 1. The van der Waals surface area contributed by atoms with Crippen LogP contribution in [0.1, 0.15) is 23.2 Å². The highest BCUT2D eigenvalue weighted by atomic mass is 16.2. The Morgan fingerprint density at radius 2 is 2.14 bits per heavy atom. The topological polar surface area (TPSA) is 62.3 Å². The lowest BCUT2D eigenvalue weighted by atomic mass is 10.0. The molecule has 1 aromatic carbocycles. The first kappa shape index (κ1) is 12.1. The SMILES string of the molecule is C=C1CCC(N2C(=O)c3cccc4cncc2c34)C(=O)N1. The lowest BCUT2D eigenvalue weighted by Gasteiger charge is -2.31.